The summed E-state index contributed by atoms with van der Waals surface area (Å²) in [6, 6.07) is 4.03. The predicted molar refractivity (Wildman–Crippen MR) is 131 cm³/mol. The molecule has 2 aromatic rings. The first-order chi connectivity index (χ1) is 19.1. The number of hydrogen-bond acceptors (Lipinski definition) is 4. The minimum atomic E-state index is -6.38. The molecule has 0 unspecified atom stereocenters. The fourth-order valence-corrected chi connectivity index (χ4v) is 8.47. The smallest absolute Gasteiger partial charge is 0.435 e. The molecule has 0 bridgehead atoms. The van der Waals surface area contributed by atoms with Crippen LogP contribution < -0.4 is 5.32 Å². The predicted octanol–water partition coefficient (Wildman–Crippen LogP) is 5.74. The molecule has 2 aliphatic rings. The maximum Gasteiger partial charge on any atom is 0.435 e. The lowest BCUT2D eigenvalue weighted by Gasteiger charge is -2.43. The van der Waals surface area contributed by atoms with Gasteiger partial charge in [0, 0.05) is 17.5 Å². The molecule has 0 saturated heterocycles. The molecule has 0 spiro atoms. The molecular weight excluding hydrogens is 602 g/mol. The fourth-order valence-electron chi connectivity index (χ4n) is 6.00. The van der Waals surface area contributed by atoms with E-state index in [1.807, 2.05) is 0 Å². The number of sulfone groups is 1. The molecular formula is C27H25F8NO5S. The molecule has 0 heterocycles. The maximum atomic E-state index is 14.9. The molecule has 230 valence electrons. The van der Waals surface area contributed by atoms with Crippen LogP contribution in [0, 0.1) is 17.2 Å². The molecule has 1 saturated carbocycles. The highest BCUT2D eigenvalue weighted by Crippen LogP contribution is 2.59. The average Bonchev–Trinajstić information content (AvgIpc) is 3.26. The minimum absolute atomic E-state index is 0.0497. The number of alkyl halides is 7. The van der Waals surface area contributed by atoms with E-state index in [4.69, 9.17) is 0 Å². The monoisotopic (exact) mass is 627 g/mol. The molecule has 15 heteroatoms. The number of fused-ring (bicyclic) bond motifs is 3. The van der Waals surface area contributed by atoms with Crippen LogP contribution in [0.3, 0.4) is 0 Å². The van der Waals surface area contributed by atoms with Gasteiger partial charge in [-0.3, -0.25) is 9.59 Å². The topological polar surface area (TPSA) is 101 Å². The van der Waals surface area contributed by atoms with Gasteiger partial charge in [0.15, 0.2) is 9.84 Å². The fraction of sp³-hybridized carbons (Fsp3) is 0.481. The molecule has 2 N–H and O–H groups in total. The van der Waals surface area contributed by atoms with Gasteiger partial charge in [-0.05, 0) is 74.9 Å². The summed E-state index contributed by atoms with van der Waals surface area (Å²) >= 11 is 0. The lowest BCUT2D eigenvalue weighted by Crippen LogP contribution is -2.53. The molecule has 0 aromatic heterocycles. The van der Waals surface area contributed by atoms with Gasteiger partial charge in [-0.25, -0.2) is 17.2 Å². The number of nitrogens with one attached hydrogen (secondary N) is 1. The van der Waals surface area contributed by atoms with E-state index in [-0.39, 0.29) is 42.9 Å². The molecule has 3 atom stereocenters. The van der Waals surface area contributed by atoms with Crippen LogP contribution in [-0.2, 0) is 36.3 Å². The number of aryl methyl sites for hydroxylation is 1. The minimum Gasteiger partial charge on any atom is -0.480 e. The summed E-state index contributed by atoms with van der Waals surface area (Å²) in [7, 11) is -4.59. The number of carboxylic acids is 1. The van der Waals surface area contributed by atoms with E-state index in [0.29, 0.717) is 6.07 Å². The van der Waals surface area contributed by atoms with Crippen LogP contribution in [0.5, 0.6) is 0 Å². The van der Waals surface area contributed by atoms with Gasteiger partial charge in [0.1, 0.15) is 16.0 Å². The van der Waals surface area contributed by atoms with Crippen molar-refractivity contribution < 1.29 is 58.2 Å². The van der Waals surface area contributed by atoms with Crippen molar-refractivity contribution in [1.29, 1.82) is 0 Å². The maximum absolute atomic E-state index is 14.9. The Morgan fingerprint density at radius 3 is 2.02 bits per heavy atom. The number of benzene rings is 2. The van der Waals surface area contributed by atoms with E-state index < -0.39 is 78.1 Å². The third kappa shape index (κ3) is 4.54. The Hall–Kier alpha value is -3.23. The van der Waals surface area contributed by atoms with Crippen molar-refractivity contribution in [3.05, 3.63) is 65.0 Å². The summed E-state index contributed by atoms with van der Waals surface area (Å²) in [6.45, 7) is 2.26. The Bertz CT molecular complexity index is 1500. The van der Waals surface area contributed by atoms with Gasteiger partial charge in [0.2, 0.25) is 5.91 Å². The molecule has 2 aliphatic carbocycles. The SMILES string of the molecule is CC(C)(C(=O)O)C(=O)N[C@@H]1CC[C@@]2(S(=O)(=O)c3ccc(F)cc3)c3ccc(C(F)(C(F)(F)F)C(F)(F)F)cc3CC[C@@H]12. The van der Waals surface area contributed by atoms with E-state index in [0.717, 1.165) is 44.2 Å². The van der Waals surface area contributed by atoms with Crippen molar-refractivity contribution in [1.82, 2.24) is 5.32 Å². The molecule has 0 aliphatic heterocycles. The van der Waals surface area contributed by atoms with Crippen molar-refractivity contribution in [2.24, 2.45) is 11.3 Å². The van der Waals surface area contributed by atoms with Crippen molar-refractivity contribution in [3.8, 4) is 0 Å². The van der Waals surface area contributed by atoms with Crippen LogP contribution in [0.4, 0.5) is 35.1 Å². The van der Waals surface area contributed by atoms with E-state index in [9.17, 15) is 58.2 Å². The third-order valence-corrected chi connectivity index (χ3v) is 11.0. The number of carbonyl (C=O) groups is 2. The van der Waals surface area contributed by atoms with E-state index in [1.54, 1.807) is 0 Å². The van der Waals surface area contributed by atoms with E-state index >= 15 is 0 Å². The van der Waals surface area contributed by atoms with Crippen molar-refractivity contribution in [2.75, 3.05) is 0 Å². The molecule has 42 heavy (non-hydrogen) atoms. The van der Waals surface area contributed by atoms with Crippen LogP contribution in [-0.4, -0.2) is 43.8 Å². The number of carboxylic acid groups (broad SMARTS) is 1. The zero-order valence-electron chi connectivity index (χ0n) is 22.0. The van der Waals surface area contributed by atoms with Gasteiger partial charge in [-0.2, -0.15) is 26.3 Å². The number of halogens is 8. The van der Waals surface area contributed by atoms with Crippen LogP contribution in [0.25, 0.3) is 0 Å². The van der Waals surface area contributed by atoms with Gasteiger partial charge in [0.25, 0.3) is 0 Å². The van der Waals surface area contributed by atoms with Crippen LogP contribution in [0.2, 0.25) is 0 Å². The van der Waals surface area contributed by atoms with Crippen molar-refractivity contribution >= 4 is 21.7 Å². The second kappa shape index (κ2) is 9.91. The summed E-state index contributed by atoms with van der Waals surface area (Å²) in [5, 5.41) is 12.0. The van der Waals surface area contributed by atoms with Crippen LogP contribution in [0.15, 0.2) is 47.4 Å². The zero-order valence-corrected chi connectivity index (χ0v) is 22.9. The number of hydrogen-bond donors (Lipinski definition) is 2. The average molecular weight is 628 g/mol. The Kier molecular flexibility index (Phi) is 7.48. The highest BCUT2D eigenvalue weighted by atomic mass is 32.2. The highest BCUT2D eigenvalue weighted by molar-refractivity contribution is 7.92. The first kappa shape index (κ1) is 31.7. The van der Waals surface area contributed by atoms with Crippen LogP contribution in [0.1, 0.15) is 49.8 Å². The molecule has 1 amide bonds. The Morgan fingerprint density at radius 1 is 0.929 bits per heavy atom. The summed E-state index contributed by atoms with van der Waals surface area (Å²) in [5.74, 6) is -4.19. The Morgan fingerprint density at radius 2 is 1.50 bits per heavy atom. The second-order valence-electron chi connectivity index (χ2n) is 11.1. The van der Waals surface area contributed by atoms with E-state index in [2.05, 4.69) is 5.32 Å². The summed E-state index contributed by atoms with van der Waals surface area (Å²) < 4.78 is 136. The summed E-state index contributed by atoms with van der Waals surface area (Å²) in [4.78, 5) is 24.0. The van der Waals surface area contributed by atoms with E-state index in [1.165, 1.54) is 0 Å². The zero-order chi connectivity index (χ0) is 31.7. The largest absolute Gasteiger partial charge is 0.480 e. The van der Waals surface area contributed by atoms with Crippen LogP contribution >= 0.6 is 0 Å². The first-order valence-corrected chi connectivity index (χ1v) is 14.1. The number of rotatable bonds is 6. The molecule has 6 nitrogen and oxygen atoms in total. The van der Waals surface area contributed by atoms with Crippen molar-refractivity contribution in [3.63, 3.8) is 0 Å². The highest BCUT2D eigenvalue weighted by Gasteiger charge is 2.73. The van der Waals surface area contributed by atoms with Gasteiger partial charge < -0.3 is 10.4 Å². The third-order valence-electron chi connectivity index (χ3n) is 8.40. The first-order valence-electron chi connectivity index (χ1n) is 12.6. The summed E-state index contributed by atoms with van der Waals surface area (Å²) in [6.07, 6.45) is -13.5. The molecule has 4 rings (SSSR count). The Balaban J connectivity index is 1.91. The quantitative estimate of drug-likeness (QED) is 0.242. The van der Waals surface area contributed by atoms with Crippen molar-refractivity contribution in [2.45, 2.75) is 73.2 Å². The summed E-state index contributed by atoms with van der Waals surface area (Å²) in [5.41, 5.74) is -9.85. The number of amides is 1. The number of carbonyl (C=O) groups excluding carboxylic acids is 1. The molecule has 0 radical (unpaired) electrons. The second-order valence-corrected chi connectivity index (χ2v) is 13.3. The number of aliphatic carboxylic acids is 1. The van der Waals surface area contributed by atoms with Gasteiger partial charge in [0.05, 0.1) is 4.90 Å². The normalized spacial score (nSPS) is 23.2. The standard InChI is InChI=1S/C27H25F8NO5S/c1-23(2,22(38)39)21(37)36-20-11-12-24(42(40,41)17-7-5-16(28)6-8-17)18-10-4-15(13-14(18)3-9-19(20)24)25(29,26(30,31)32)27(33,34)35/h4-8,10,13,19-20H,3,9,11-12H2,1-2H3,(H,36,37)(H,38,39)/t19-,20+,24+/m0/s1. The van der Waals surface area contributed by atoms with Gasteiger partial charge in [-0.15, -0.1) is 0 Å². The van der Waals surface area contributed by atoms with Gasteiger partial charge in [-0.1, -0.05) is 18.2 Å². The lowest BCUT2D eigenvalue weighted by atomic mass is 9.73. The lowest BCUT2D eigenvalue weighted by molar-refractivity contribution is -0.348. The molecule has 1 fully saturated rings. The molecule has 2 aromatic carbocycles. The van der Waals surface area contributed by atoms with Gasteiger partial charge >= 0.3 is 24.0 Å². The Labute approximate surface area is 235 Å².